The summed E-state index contributed by atoms with van der Waals surface area (Å²) in [5.41, 5.74) is 6.44. The fraction of sp³-hybridized carbons (Fsp3) is 0.500. The van der Waals surface area contributed by atoms with Crippen molar-refractivity contribution < 1.29 is 9.13 Å². The molecule has 0 aliphatic rings. The van der Waals surface area contributed by atoms with Gasteiger partial charge in [0.25, 0.3) is 0 Å². The van der Waals surface area contributed by atoms with Crippen LogP contribution in [-0.2, 0) is 0 Å². The maximum absolute atomic E-state index is 13.1. The molecule has 0 aromatic heterocycles. The van der Waals surface area contributed by atoms with Crippen LogP contribution in [0.5, 0.6) is 5.75 Å². The first-order valence-electron chi connectivity index (χ1n) is 5.35. The second-order valence-corrected chi connectivity index (χ2v) is 4.00. The lowest BCUT2D eigenvalue weighted by Gasteiger charge is -2.22. The van der Waals surface area contributed by atoms with Gasteiger partial charge in [-0.2, -0.15) is 0 Å². The number of rotatable bonds is 5. The zero-order valence-electron chi connectivity index (χ0n) is 10.0. The van der Waals surface area contributed by atoms with Crippen LogP contribution >= 0.6 is 0 Å². The maximum atomic E-state index is 13.1. The molecule has 3 nitrogen and oxygen atoms in total. The summed E-state index contributed by atoms with van der Waals surface area (Å²) in [5.74, 6) is 0.414. The van der Waals surface area contributed by atoms with Gasteiger partial charge in [-0.25, -0.2) is 4.39 Å². The summed E-state index contributed by atoms with van der Waals surface area (Å²) in [5, 5.41) is 0. The van der Waals surface area contributed by atoms with Crippen LogP contribution in [0.25, 0.3) is 0 Å². The molecule has 2 N–H and O–H groups in total. The molecule has 1 aromatic rings. The highest BCUT2D eigenvalue weighted by molar-refractivity contribution is 5.58. The monoisotopic (exact) mass is 226 g/mol. The summed E-state index contributed by atoms with van der Waals surface area (Å²) in [6.45, 7) is 2.73. The molecule has 90 valence electrons. The third kappa shape index (κ3) is 3.38. The molecule has 1 unspecified atom stereocenters. The number of benzene rings is 1. The lowest BCUT2D eigenvalue weighted by molar-refractivity contribution is 0.413. The van der Waals surface area contributed by atoms with E-state index in [0.717, 1.165) is 18.7 Å². The fourth-order valence-corrected chi connectivity index (χ4v) is 1.48. The SMILES string of the molecule is COc1ccc(F)cc1N(C)CCC(C)N. The fourth-order valence-electron chi connectivity index (χ4n) is 1.48. The van der Waals surface area contributed by atoms with E-state index < -0.39 is 0 Å². The van der Waals surface area contributed by atoms with Gasteiger partial charge in [-0.05, 0) is 25.5 Å². The molecule has 16 heavy (non-hydrogen) atoms. The molecule has 0 spiro atoms. The van der Waals surface area contributed by atoms with Crippen LogP contribution in [-0.4, -0.2) is 26.7 Å². The average molecular weight is 226 g/mol. The Morgan fingerprint density at radius 1 is 1.50 bits per heavy atom. The van der Waals surface area contributed by atoms with Crippen LogP contribution in [0.4, 0.5) is 10.1 Å². The molecular weight excluding hydrogens is 207 g/mol. The summed E-state index contributed by atoms with van der Waals surface area (Å²) < 4.78 is 18.3. The first kappa shape index (κ1) is 12.8. The molecule has 0 aliphatic heterocycles. The molecule has 0 saturated carbocycles. The number of nitrogens with zero attached hydrogens (tertiary/aromatic N) is 1. The topological polar surface area (TPSA) is 38.5 Å². The summed E-state index contributed by atoms with van der Waals surface area (Å²) >= 11 is 0. The standard InChI is InChI=1S/C12H19FN2O/c1-9(14)6-7-15(2)11-8-10(13)4-5-12(11)16-3/h4-5,8-9H,6-7,14H2,1-3H3. The molecule has 1 atom stereocenters. The third-order valence-electron chi connectivity index (χ3n) is 2.47. The molecule has 0 saturated heterocycles. The number of hydrogen-bond acceptors (Lipinski definition) is 3. The predicted molar refractivity (Wildman–Crippen MR) is 64.5 cm³/mol. The van der Waals surface area contributed by atoms with Crippen molar-refractivity contribution in [3.63, 3.8) is 0 Å². The number of anilines is 1. The van der Waals surface area contributed by atoms with Crippen LogP contribution in [0.15, 0.2) is 18.2 Å². The van der Waals surface area contributed by atoms with Crippen molar-refractivity contribution in [3.05, 3.63) is 24.0 Å². The van der Waals surface area contributed by atoms with Gasteiger partial charge in [0, 0.05) is 25.7 Å². The summed E-state index contributed by atoms with van der Waals surface area (Å²) in [6.07, 6.45) is 0.857. The molecule has 4 heteroatoms. The summed E-state index contributed by atoms with van der Waals surface area (Å²) in [6, 6.07) is 4.64. The minimum absolute atomic E-state index is 0.141. The van der Waals surface area contributed by atoms with Gasteiger partial charge in [-0.3, -0.25) is 0 Å². The Morgan fingerprint density at radius 3 is 2.75 bits per heavy atom. The smallest absolute Gasteiger partial charge is 0.142 e. The molecule has 1 aromatic carbocycles. The van der Waals surface area contributed by atoms with Gasteiger partial charge in [0.15, 0.2) is 0 Å². The lowest BCUT2D eigenvalue weighted by atomic mass is 10.2. The zero-order valence-corrected chi connectivity index (χ0v) is 10.0. The Kier molecular flexibility index (Phi) is 4.55. The van der Waals surface area contributed by atoms with Crippen molar-refractivity contribution in [2.24, 2.45) is 5.73 Å². The number of methoxy groups -OCH3 is 1. The van der Waals surface area contributed by atoms with E-state index in [1.54, 1.807) is 13.2 Å². The van der Waals surface area contributed by atoms with Gasteiger partial charge in [-0.1, -0.05) is 0 Å². The van der Waals surface area contributed by atoms with E-state index in [-0.39, 0.29) is 11.9 Å². The first-order chi connectivity index (χ1) is 7.54. The van der Waals surface area contributed by atoms with Crippen LogP contribution in [0.2, 0.25) is 0 Å². The zero-order chi connectivity index (χ0) is 12.1. The molecular formula is C12H19FN2O. The minimum Gasteiger partial charge on any atom is -0.495 e. The van der Waals surface area contributed by atoms with E-state index in [9.17, 15) is 4.39 Å². The minimum atomic E-state index is -0.261. The molecule has 0 radical (unpaired) electrons. The van der Waals surface area contributed by atoms with E-state index >= 15 is 0 Å². The van der Waals surface area contributed by atoms with Crippen LogP contribution in [0.3, 0.4) is 0 Å². The highest BCUT2D eigenvalue weighted by atomic mass is 19.1. The molecule has 0 heterocycles. The van der Waals surface area contributed by atoms with Gasteiger partial charge in [0.2, 0.25) is 0 Å². The van der Waals surface area contributed by atoms with Crippen LogP contribution < -0.4 is 15.4 Å². The van der Waals surface area contributed by atoms with Crippen LogP contribution in [0.1, 0.15) is 13.3 Å². The molecule has 0 aliphatic carbocycles. The van der Waals surface area contributed by atoms with Crippen LogP contribution in [0, 0.1) is 5.82 Å². The van der Waals surface area contributed by atoms with E-state index in [0.29, 0.717) is 5.75 Å². The largest absolute Gasteiger partial charge is 0.495 e. The van der Waals surface area contributed by atoms with Gasteiger partial charge in [0.1, 0.15) is 11.6 Å². The summed E-state index contributed by atoms with van der Waals surface area (Å²) in [4.78, 5) is 1.95. The molecule has 0 amide bonds. The second-order valence-electron chi connectivity index (χ2n) is 4.00. The van der Waals surface area contributed by atoms with Crippen molar-refractivity contribution in [3.8, 4) is 5.75 Å². The van der Waals surface area contributed by atoms with E-state index in [4.69, 9.17) is 10.5 Å². The first-order valence-corrected chi connectivity index (χ1v) is 5.35. The normalized spacial score (nSPS) is 12.3. The second kappa shape index (κ2) is 5.70. The molecule has 0 bridgehead atoms. The Hall–Kier alpha value is -1.29. The van der Waals surface area contributed by atoms with Gasteiger partial charge >= 0.3 is 0 Å². The van der Waals surface area contributed by atoms with Crippen molar-refractivity contribution in [1.29, 1.82) is 0 Å². The van der Waals surface area contributed by atoms with Gasteiger partial charge in [0.05, 0.1) is 12.8 Å². The van der Waals surface area contributed by atoms with Crippen molar-refractivity contribution in [2.45, 2.75) is 19.4 Å². The average Bonchev–Trinajstić information content (AvgIpc) is 2.25. The van der Waals surface area contributed by atoms with Crippen molar-refractivity contribution >= 4 is 5.69 Å². The number of hydrogen-bond donors (Lipinski definition) is 1. The number of nitrogens with two attached hydrogens (primary N) is 1. The van der Waals surface area contributed by atoms with Crippen molar-refractivity contribution in [2.75, 3.05) is 25.6 Å². The highest BCUT2D eigenvalue weighted by Gasteiger charge is 2.09. The Labute approximate surface area is 96.0 Å². The maximum Gasteiger partial charge on any atom is 0.142 e. The summed E-state index contributed by atoms with van der Waals surface area (Å²) in [7, 11) is 3.48. The number of halogens is 1. The Bertz CT molecular complexity index is 342. The quantitative estimate of drug-likeness (QED) is 0.834. The van der Waals surface area contributed by atoms with E-state index in [1.165, 1.54) is 12.1 Å². The van der Waals surface area contributed by atoms with Crippen molar-refractivity contribution in [1.82, 2.24) is 0 Å². The van der Waals surface area contributed by atoms with E-state index in [1.807, 2.05) is 18.9 Å². The van der Waals surface area contributed by atoms with E-state index in [2.05, 4.69) is 0 Å². The Morgan fingerprint density at radius 2 is 2.19 bits per heavy atom. The third-order valence-corrected chi connectivity index (χ3v) is 2.47. The number of ether oxygens (including phenoxy) is 1. The lowest BCUT2D eigenvalue weighted by Crippen LogP contribution is -2.26. The Balaban J connectivity index is 2.80. The molecule has 1 rings (SSSR count). The van der Waals surface area contributed by atoms with Gasteiger partial charge < -0.3 is 15.4 Å². The predicted octanol–water partition coefficient (Wildman–Crippen LogP) is 2.01. The molecule has 0 fully saturated rings. The van der Waals surface area contributed by atoms with Gasteiger partial charge in [-0.15, -0.1) is 0 Å². The highest BCUT2D eigenvalue weighted by Crippen LogP contribution is 2.28.